The fraction of sp³-hybridized carbons (Fsp3) is 0.0909. The molecule has 1 heterocycles. The van der Waals surface area contributed by atoms with E-state index in [1.165, 1.54) is 31.4 Å². The number of carbonyl (C=O) groups excluding carboxylic acids is 1. The first-order chi connectivity index (χ1) is 8.86. The van der Waals surface area contributed by atoms with Gasteiger partial charge < -0.3 is 5.73 Å². The summed E-state index contributed by atoms with van der Waals surface area (Å²) in [5.74, 6) is -0.721. The molecule has 0 aliphatic carbocycles. The van der Waals surface area contributed by atoms with Crippen molar-refractivity contribution < 1.29 is 13.2 Å². The molecule has 0 radical (unpaired) electrons. The Hall–Kier alpha value is -1.70. The van der Waals surface area contributed by atoms with Crippen LogP contribution in [-0.2, 0) is 10.0 Å². The molecule has 0 aliphatic heterocycles. The molecule has 6 nitrogen and oxygen atoms in total. The largest absolute Gasteiger partial charge is 0.366 e. The van der Waals surface area contributed by atoms with E-state index in [9.17, 15) is 13.2 Å². The number of pyridine rings is 1. The minimum Gasteiger partial charge on any atom is -0.366 e. The van der Waals surface area contributed by atoms with Gasteiger partial charge in [0.05, 0.1) is 21.0 Å². The van der Waals surface area contributed by atoms with E-state index >= 15 is 0 Å². The molecular formula is C11H10ClN3O3S. The number of carbonyl (C=O) groups is 1. The van der Waals surface area contributed by atoms with Gasteiger partial charge in [0, 0.05) is 11.6 Å². The summed E-state index contributed by atoms with van der Waals surface area (Å²) in [6.07, 6.45) is 1.26. The van der Waals surface area contributed by atoms with Crippen molar-refractivity contribution >= 4 is 38.4 Å². The molecule has 1 aromatic carbocycles. The van der Waals surface area contributed by atoms with Crippen molar-refractivity contribution in [2.75, 3.05) is 7.05 Å². The van der Waals surface area contributed by atoms with E-state index < -0.39 is 15.9 Å². The van der Waals surface area contributed by atoms with E-state index in [1.807, 2.05) is 0 Å². The first-order valence-electron chi connectivity index (χ1n) is 5.18. The lowest BCUT2D eigenvalue weighted by Gasteiger charge is -2.07. The summed E-state index contributed by atoms with van der Waals surface area (Å²) in [5, 5.41) is 0.444. The molecule has 1 amide bonds. The number of fused-ring (bicyclic) bond motifs is 1. The average Bonchev–Trinajstić information content (AvgIpc) is 2.38. The summed E-state index contributed by atoms with van der Waals surface area (Å²) in [7, 11) is -2.29. The number of aromatic nitrogens is 1. The summed E-state index contributed by atoms with van der Waals surface area (Å²) in [4.78, 5) is 15.2. The van der Waals surface area contributed by atoms with E-state index in [0.29, 0.717) is 10.9 Å². The highest BCUT2D eigenvalue weighted by Gasteiger charge is 2.16. The third kappa shape index (κ3) is 2.40. The third-order valence-corrected chi connectivity index (χ3v) is 4.44. The highest BCUT2D eigenvalue weighted by molar-refractivity contribution is 7.89. The maximum absolute atomic E-state index is 11.7. The fourth-order valence-electron chi connectivity index (χ4n) is 1.60. The van der Waals surface area contributed by atoms with Gasteiger partial charge in [-0.2, -0.15) is 0 Å². The predicted molar refractivity (Wildman–Crippen MR) is 71.5 cm³/mol. The number of nitrogens with two attached hydrogens (primary N) is 1. The standard InChI is InChI=1S/C11H10ClN3O3S/c1-14-19(17,18)6-2-3-9-7(4-6)10(12)8(5-15-9)11(13)16/h2-5,14H,1H3,(H2,13,16). The molecule has 3 N–H and O–H groups in total. The molecule has 0 saturated heterocycles. The Labute approximate surface area is 114 Å². The van der Waals surface area contributed by atoms with Crippen molar-refractivity contribution in [2.24, 2.45) is 5.73 Å². The van der Waals surface area contributed by atoms with Crippen LogP contribution >= 0.6 is 11.6 Å². The van der Waals surface area contributed by atoms with Crippen LogP contribution in [0.1, 0.15) is 10.4 Å². The van der Waals surface area contributed by atoms with Crippen LogP contribution in [0.4, 0.5) is 0 Å². The van der Waals surface area contributed by atoms with Gasteiger partial charge in [-0.3, -0.25) is 9.78 Å². The van der Waals surface area contributed by atoms with E-state index in [2.05, 4.69) is 9.71 Å². The van der Waals surface area contributed by atoms with Gasteiger partial charge in [0.1, 0.15) is 0 Å². The molecule has 0 spiro atoms. The highest BCUT2D eigenvalue weighted by Crippen LogP contribution is 2.27. The molecule has 19 heavy (non-hydrogen) atoms. The van der Waals surface area contributed by atoms with Gasteiger partial charge in [0.2, 0.25) is 10.0 Å². The Morgan fingerprint density at radius 1 is 1.42 bits per heavy atom. The van der Waals surface area contributed by atoms with E-state index in [-0.39, 0.29) is 15.5 Å². The van der Waals surface area contributed by atoms with Crippen LogP contribution in [-0.4, -0.2) is 26.4 Å². The monoisotopic (exact) mass is 299 g/mol. The fourth-order valence-corrected chi connectivity index (χ4v) is 2.65. The molecule has 1 aromatic heterocycles. The molecule has 2 aromatic rings. The number of amides is 1. The second-order valence-corrected chi connectivity index (χ2v) is 6.00. The Bertz CT molecular complexity index is 774. The third-order valence-electron chi connectivity index (χ3n) is 2.62. The first-order valence-corrected chi connectivity index (χ1v) is 7.04. The van der Waals surface area contributed by atoms with Crippen molar-refractivity contribution in [3.8, 4) is 0 Å². The van der Waals surface area contributed by atoms with Gasteiger partial charge in [-0.05, 0) is 25.2 Å². The van der Waals surface area contributed by atoms with Crippen molar-refractivity contribution in [3.05, 3.63) is 35.0 Å². The molecule has 0 saturated carbocycles. The zero-order valence-corrected chi connectivity index (χ0v) is 11.4. The maximum Gasteiger partial charge on any atom is 0.251 e. The molecule has 0 fully saturated rings. The van der Waals surface area contributed by atoms with Gasteiger partial charge in [0.25, 0.3) is 5.91 Å². The number of hydrogen-bond acceptors (Lipinski definition) is 4. The zero-order valence-electron chi connectivity index (χ0n) is 9.84. The quantitative estimate of drug-likeness (QED) is 0.878. The van der Waals surface area contributed by atoms with E-state index in [1.54, 1.807) is 0 Å². The molecule has 2 rings (SSSR count). The minimum atomic E-state index is -3.59. The Kier molecular flexibility index (Phi) is 3.44. The molecule has 8 heteroatoms. The number of rotatable bonds is 3. The van der Waals surface area contributed by atoms with Crippen molar-refractivity contribution in [3.63, 3.8) is 0 Å². The molecule has 0 unspecified atom stereocenters. The van der Waals surface area contributed by atoms with Gasteiger partial charge in [-0.25, -0.2) is 13.1 Å². The smallest absolute Gasteiger partial charge is 0.251 e. The van der Waals surface area contributed by atoms with Crippen molar-refractivity contribution in [1.82, 2.24) is 9.71 Å². The normalized spacial score (nSPS) is 11.7. The minimum absolute atomic E-state index is 0.0350. The van der Waals surface area contributed by atoms with E-state index in [4.69, 9.17) is 17.3 Å². The summed E-state index contributed by atoms with van der Waals surface area (Å²) >= 11 is 6.05. The van der Waals surface area contributed by atoms with Crippen LogP contribution in [0.25, 0.3) is 10.9 Å². The summed E-state index contributed by atoms with van der Waals surface area (Å²) in [6, 6.07) is 4.26. The Balaban J connectivity index is 2.78. The van der Waals surface area contributed by atoms with Gasteiger partial charge in [-0.1, -0.05) is 11.6 Å². The lowest BCUT2D eigenvalue weighted by Crippen LogP contribution is -2.18. The van der Waals surface area contributed by atoms with Crippen LogP contribution in [0.3, 0.4) is 0 Å². The molecule has 100 valence electrons. The lowest BCUT2D eigenvalue weighted by molar-refractivity contribution is 0.1000. The number of hydrogen-bond donors (Lipinski definition) is 2. The maximum atomic E-state index is 11.7. The second kappa shape index (κ2) is 4.76. The van der Waals surface area contributed by atoms with E-state index in [0.717, 1.165) is 0 Å². The number of nitrogens with one attached hydrogen (secondary N) is 1. The van der Waals surface area contributed by atoms with Crippen LogP contribution in [0, 0.1) is 0 Å². The number of nitrogens with zero attached hydrogens (tertiary/aromatic N) is 1. The van der Waals surface area contributed by atoms with Crippen LogP contribution in [0.15, 0.2) is 29.3 Å². The molecule has 0 atom stereocenters. The highest BCUT2D eigenvalue weighted by atomic mass is 35.5. The van der Waals surface area contributed by atoms with Crippen LogP contribution < -0.4 is 10.5 Å². The predicted octanol–water partition coefficient (Wildman–Crippen LogP) is 0.895. The van der Waals surface area contributed by atoms with Crippen molar-refractivity contribution in [1.29, 1.82) is 0 Å². The number of sulfonamides is 1. The topological polar surface area (TPSA) is 102 Å². The summed E-state index contributed by atoms with van der Waals surface area (Å²) < 4.78 is 25.6. The lowest BCUT2D eigenvalue weighted by atomic mass is 10.1. The zero-order chi connectivity index (χ0) is 14.2. The molecule has 0 bridgehead atoms. The van der Waals surface area contributed by atoms with Gasteiger partial charge in [0.15, 0.2) is 0 Å². The summed E-state index contributed by atoms with van der Waals surface area (Å²) in [5.41, 5.74) is 5.69. The SMILES string of the molecule is CNS(=O)(=O)c1ccc2ncc(C(N)=O)c(Cl)c2c1. The van der Waals surface area contributed by atoms with Crippen LogP contribution in [0.5, 0.6) is 0 Å². The average molecular weight is 300 g/mol. The van der Waals surface area contributed by atoms with Crippen LogP contribution in [0.2, 0.25) is 5.02 Å². The number of benzene rings is 1. The number of halogens is 1. The van der Waals surface area contributed by atoms with Gasteiger partial charge in [-0.15, -0.1) is 0 Å². The first kappa shape index (κ1) is 13.7. The second-order valence-electron chi connectivity index (χ2n) is 3.74. The Morgan fingerprint density at radius 2 is 2.11 bits per heavy atom. The Morgan fingerprint density at radius 3 is 2.68 bits per heavy atom. The number of primary amides is 1. The van der Waals surface area contributed by atoms with Crippen molar-refractivity contribution in [2.45, 2.75) is 4.90 Å². The molecular weight excluding hydrogens is 290 g/mol. The van der Waals surface area contributed by atoms with Gasteiger partial charge >= 0.3 is 0 Å². The summed E-state index contributed by atoms with van der Waals surface area (Å²) in [6.45, 7) is 0. The molecule has 0 aliphatic rings.